The number of rotatable bonds is 74. The van der Waals surface area contributed by atoms with Gasteiger partial charge in [-0.2, -0.15) is 70.6 Å². The summed E-state index contributed by atoms with van der Waals surface area (Å²) in [6.45, 7) is 15.8. The number of ether oxygens (including phenoxy) is 8. The standard InChI is InChI=1S/C61H130O17S6Si3/c1-13-16-37-79-40-20-31-73-54-60(55-74-32-21-41-80-38-17-14-2,56-75-33-22-42-81-39-18-15-3)52-71-29-19-30-72-53-61(57-76-34-23-43-82-46-26-49-85(62-4,63-5)64-6,58-77-35-24-44-83-47-27-50-86(65-7,66-8)67-9)59-78-36-25-45-84-48-28-51-87(68-10,69-11)70-12/h13-59H2,1-12H3. The highest BCUT2D eigenvalue weighted by molar-refractivity contribution is 8.00. The Morgan fingerprint density at radius 1 is 0.218 bits per heavy atom. The zero-order valence-electron chi connectivity index (χ0n) is 57.1. The molecule has 0 aliphatic heterocycles. The average Bonchev–Trinajstić information content (AvgIpc) is 3.73. The molecule has 0 N–H and O–H groups in total. The number of unbranched alkanes of at least 4 members (excludes halogenated alkanes) is 3. The van der Waals surface area contributed by atoms with Gasteiger partial charge in [-0.3, -0.25) is 0 Å². The lowest BCUT2D eigenvalue weighted by Gasteiger charge is -2.33. The largest absolute Gasteiger partial charge is 0.500 e. The summed E-state index contributed by atoms with van der Waals surface area (Å²) in [7, 11) is 7.33. The smallest absolute Gasteiger partial charge is 0.381 e. The van der Waals surface area contributed by atoms with Crippen molar-refractivity contribution in [1.29, 1.82) is 0 Å². The van der Waals surface area contributed by atoms with E-state index in [4.69, 9.17) is 77.7 Å². The van der Waals surface area contributed by atoms with Crippen molar-refractivity contribution in [2.75, 3.05) is 239 Å². The van der Waals surface area contributed by atoms with Crippen LogP contribution in [-0.2, 0) is 77.7 Å². The lowest BCUT2D eigenvalue weighted by Crippen LogP contribution is -2.42. The van der Waals surface area contributed by atoms with Crippen molar-refractivity contribution in [2.24, 2.45) is 10.8 Å². The first-order valence-electron chi connectivity index (χ1n) is 32.6. The van der Waals surface area contributed by atoms with Gasteiger partial charge in [0.05, 0.1) is 63.7 Å². The summed E-state index contributed by atoms with van der Waals surface area (Å²) in [4.78, 5) is 0. The van der Waals surface area contributed by atoms with Gasteiger partial charge in [-0.1, -0.05) is 40.0 Å². The molecule has 0 heterocycles. The molecule has 0 saturated heterocycles. The third-order valence-corrected chi connectivity index (χ3v) is 29.8. The maximum Gasteiger partial charge on any atom is 0.500 e. The summed E-state index contributed by atoms with van der Waals surface area (Å²) in [6, 6.07) is 2.38. The molecule has 0 aliphatic carbocycles. The van der Waals surface area contributed by atoms with E-state index in [-0.39, 0.29) is 0 Å². The van der Waals surface area contributed by atoms with Crippen LogP contribution in [0, 0.1) is 10.8 Å². The highest BCUT2D eigenvalue weighted by Crippen LogP contribution is 2.26. The van der Waals surface area contributed by atoms with Gasteiger partial charge in [0.15, 0.2) is 0 Å². The Hall–Kier alpha value is 2.07. The summed E-state index contributed by atoms with van der Waals surface area (Å²) in [5, 5.41) is 0. The van der Waals surface area contributed by atoms with E-state index in [0.29, 0.717) is 85.9 Å². The van der Waals surface area contributed by atoms with Gasteiger partial charge in [0.25, 0.3) is 0 Å². The number of thioether (sulfide) groups is 6. The molecule has 0 aromatic heterocycles. The van der Waals surface area contributed by atoms with Crippen LogP contribution in [0.2, 0.25) is 18.1 Å². The molecule has 524 valence electrons. The Labute approximate surface area is 562 Å². The van der Waals surface area contributed by atoms with Gasteiger partial charge in [0, 0.05) is 135 Å². The Bertz CT molecular complexity index is 1250. The number of hydrogen-bond acceptors (Lipinski definition) is 23. The molecule has 0 rings (SSSR count). The van der Waals surface area contributed by atoms with Crippen LogP contribution in [-0.4, -0.2) is 265 Å². The highest BCUT2D eigenvalue weighted by Gasteiger charge is 2.39. The lowest BCUT2D eigenvalue weighted by atomic mass is 9.92. The Kier molecular flexibility index (Phi) is 65.6. The average molecular weight is 1410 g/mol. The minimum absolute atomic E-state index is 0.417. The van der Waals surface area contributed by atoms with Gasteiger partial charge >= 0.3 is 26.4 Å². The highest BCUT2D eigenvalue weighted by atomic mass is 32.2. The SMILES string of the molecule is CCCCSCCCOCC(COCCCOCC(COCCCSCCC[Si](OC)(OC)OC)(COCCCSCCC[Si](OC)(OC)OC)COCCCSCCC[Si](OC)(OC)OC)(COCCCSCCCC)COCCCSCCCC. The summed E-state index contributed by atoms with van der Waals surface area (Å²) in [5.74, 6) is 13.0. The topological polar surface area (TPSA) is 157 Å². The maximum atomic E-state index is 6.65. The molecule has 26 heteroatoms. The van der Waals surface area contributed by atoms with Crippen molar-refractivity contribution < 1.29 is 77.7 Å². The van der Waals surface area contributed by atoms with Crippen molar-refractivity contribution in [2.45, 2.75) is 142 Å². The van der Waals surface area contributed by atoms with Crippen LogP contribution in [0.5, 0.6) is 0 Å². The fraction of sp³-hybridized carbons (Fsp3) is 1.00. The van der Waals surface area contributed by atoms with Crippen LogP contribution in [0.15, 0.2) is 0 Å². The van der Waals surface area contributed by atoms with E-state index >= 15 is 0 Å². The molecule has 0 aromatic carbocycles. The third kappa shape index (κ3) is 48.4. The second-order valence-corrected chi connectivity index (χ2v) is 38.4. The molecule has 0 saturated carbocycles. The predicted molar refractivity (Wildman–Crippen MR) is 381 cm³/mol. The molecular formula is C61H130O17S6Si3. The molecule has 0 fully saturated rings. The van der Waals surface area contributed by atoms with Crippen LogP contribution in [0.1, 0.15) is 124 Å². The molecule has 0 atom stereocenters. The van der Waals surface area contributed by atoms with E-state index < -0.39 is 37.2 Å². The molecule has 0 unspecified atom stereocenters. The molecule has 0 radical (unpaired) electrons. The fourth-order valence-electron chi connectivity index (χ4n) is 8.84. The van der Waals surface area contributed by atoms with Crippen molar-refractivity contribution in [1.82, 2.24) is 0 Å². The molecule has 0 spiro atoms. The van der Waals surface area contributed by atoms with Crippen molar-refractivity contribution in [3.8, 4) is 0 Å². The predicted octanol–water partition coefficient (Wildman–Crippen LogP) is 13.4. The first kappa shape index (κ1) is 89.1. The van der Waals surface area contributed by atoms with Gasteiger partial charge in [-0.05, 0) is 153 Å². The second-order valence-electron chi connectivity index (χ2n) is 21.8. The molecule has 17 nitrogen and oxygen atoms in total. The third-order valence-electron chi connectivity index (χ3n) is 14.3. The summed E-state index contributed by atoms with van der Waals surface area (Å²) >= 11 is 11.9. The molecule has 0 aliphatic rings. The summed E-state index contributed by atoms with van der Waals surface area (Å²) in [5.41, 5.74) is -0.926. The van der Waals surface area contributed by atoms with Gasteiger partial charge in [-0.25, -0.2) is 0 Å². The Morgan fingerprint density at radius 2 is 0.379 bits per heavy atom. The summed E-state index contributed by atoms with van der Waals surface area (Å²) < 4.78 is 103. The normalized spacial score (nSPS) is 12.8. The van der Waals surface area contributed by atoms with Crippen LogP contribution < -0.4 is 0 Å². The first-order valence-corrected chi connectivity index (χ1v) is 45.3. The van der Waals surface area contributed by atoms with E-state index in [1.807, 2.05) is 70.6 Å². The van der Waals surface area contributed by atoms with Crippen LogP contribution in [0.25, 0.3) is 0 Å². The monoisotopic (exact) mass is 1410 g/mol. The zero-order chi connectivity index (χ0) is 64.0. The fourth-order valence-corrected chi connectivity index (χ4v) is 20.5. The van der Waals surface area contributed by atoms with Crippen molar-refractivity contribution in [3.63, 3.8) is 0 Å². The van der Waals surface area contributed by atoms with Crippen LogP contribution in [0.3, 0.4) is 0 Å². The maximum absolute atomic E-state index is 6.65. The van der Waals surface area contributed by atoms with Gasteiger partial charge in [-0.15, -0.1) is 0 Å². The first-order chi connectivity index (χ1) is 42.6. The molecular weight excluding hydrogens is 1280 g/mol. The van der Waals surface area contributed by atoms with Crippen LogP contribution >= 0.6 is 70.6 Å². The minimum Gasteiger partial charge on any atom is -0.381 e. The number of hydrogen-bond donors (Lipinski definition) is 0. The van der Waals surface area contributed by atoms with E-state index in [0.717, 1.165) is 154 Å². The minimum atomic E-state index is -2.57. The van der Waals surface area contributed by atoms with E-state index in [9.17, 15) is 0 Å². The molecule has 0 bridgehead atoms. The quantitative estimate of drug-likeness (QED) is 0.0418. The van der Waals surface area contributed by atoms with E-state index in [1.165, 1.54) is 55.8 Å². The van der Waals surface area contributed by atoms with Gasteiger partial charge in [0.1, 0.15) is 0 Å². The van der Waals surface area contributed by atoms with Gasteiger partial charge < -0.3 is 77.7 Å². The van der Waals surface area contributed by atoms with Gasteiger partial charge in [0.2, 0.25) is 0 Å². The van der Waals surface area contributed by atoms with E-state index in [2.05, 4.69) is 20.8 Å². The van der Waals surface area contributed by atoms with Crippen molar-refractivity contribution >= 4 is 97.0 Å². The molecule has 0 amide bonds. The second kappa shape index (κ2) is 64.1. The Balaban J connectivity index is 6.18. The van der Waals surface area contributed by atoms with Crippen molar-refractivity contribution in [3.05, 3.63) is 0 Å². The van der Waals surface area contributed by atoms with E-state index in [1.54, 1.807) is 64.0 Å². The Morgan fingerprint density at radius 3 is 0.552 bits per heavy atom. The summed E-state index contributed by atoms with van der Waals surface area (Å²) in [6.07, 6.45) is 17.0. The molecule has 0 aromatic rings. The zero-order valence-corrected chi connectivity index (χ0v) is 65.0. The lowest BCUT2D eigenvalue weighted by molar-refractivity contribution is -0.114. The van der Waals surface area contributed by atoms with Crippen LogP contribution in [0.4, 0.5) is 0 Å². The molecule has 87 heavy (non-hydrogen) atoms.